The number of nitrogens with two attached hydrogens (primary N) is 1. The quantitative estimate of drug-likeness (QED) is 0.338. The summed E-state index contributed by atoms with van der Waals surface area (Å²) >= 11 is 1.50. The lowest BCUT2D eigenvalue weighted by atomic mass is 10.1. The Labute approximate surface area is 222 Å². The first kappa shape index (κ1) is 23.4. The number of benzene rings is 1. The van der Waals surface area contributed by atoms with Gasteiger partial charge in [0.25, 0.3) is 5.91 Å². The zero-order chi connectivity index (χ0) is 26.2. The molecule has 3 N–H and O–H groups in total. The summed E-state index contributed by atoms with van der Waals surface area (Å²) in [6.45, 7) is 1.90. The van der Waals surface area contributed by atoms with Crippen molar-refractivity contribution in [3.8, 4) is 23.1 Å². The van der Waals surface area contributed by atoms with E-state index in [0.717, 1.165) is 38.6 Å². The Morgan fingerprint density at radius 2 is 1.95 bits per heavy atom. The molecule has 186 valence electrons. The summed E-state index contributed by atoms with van der Waals surface area (Å²) in [5, 5.41) is 9.98. The average molecular weight is 519 g/mol. The molecule has 5 aromatic heterocycles. The van der Waals surface area contributed by atoms with Crippen LogP contribution in [-0.2, 0) is 7.05 Å². The minimum Gasteiger partial charge on any atom is -0.383 e. The molecule has 0 aliphatic carbocycles. The Morgan fingerprint density at radius 1 is 1.11 bits per heavy atom. The fraction of sp³-hybridized carbons (Fsp3) is 0.107. The summed E-state index contributed by atoms with van der Waals surface area (Å²) in [5.74, 6) is 6.21. The van der Waals surface area contributed by atoms with Crippen LogP contribution < -0.4 is 11.1 Å². The van der Waals surface area contributed by atoms with Crippen molar-refractivity contribution in [3.63, 3.8) is 0 Å². The van der Waals surface area contributed by atoms with E-state index < -0.39 is 6.04 Å². The number of aryl methyl sites for hydroxylation is 1. The van der Waals surface area contributed by atoms with Crippen molar-refractivity contribution in [1.29, 1.82) is 0 Å². The van der Waals surface area contributed by atoms with Gasteiger partial charge in [0.15, 0.2) is 4.96 Å². The summed E-state index contributed by atoms with van der Waals surface area (Å²) < 4.78 is 3.76. The number of hydrogen-bond donors (Lipinski definition) is 2. The summed E-state index contributed by atoms with van der Waals surface area (Å²) in [6, 6.07) is 13.2. The number of rotatable bonds is 4. The molecule has 0 saturated heterocycles. The van der Waals surface area contributed by atoms with E-state index in [1.165, 1.54) is 11.3 Å². The normalized spacial score (nSPS) is 11.8. The van der Waals surface area contributed by atoms with Crippen molar-refractivity contribution in [3.05, 3.63) is 95.1 Å². The largest absolute Gasteiger partial charge is 0.383 e. The van der Waals surface area contributed by atoms with Gasteiger partial charge in [-0.15, -0.1) is 11.3 Å². The van der Waals surface area contributed by atoms with Gasteiger partial charge in [0, 0.05) is 42.0 Å². The van der Waals surface area contributed by atoms with E-state index in [0.29, 0.717) is 5.52 Å². The first-order chi connectivity index (χ1) is 18.5. The van der Waals surface area contributed by atoms with Gasteiger partial charge in [-0.3, -0.25) is 18.9 Å². The second-order valence-corrected chi connectivity index (χ2v) is 9.59. The predicted molar refractivity (Wildman–Crippen MR) is 148 cm³/mol. The molecule has 1 atom stereocenters. The zero-order valence-corrected chi connectivity index (χ0v) is 21.4. The first-order valence-electron chi connectivity index (χ1n) is 11.9. The standard InChI is InChI=1S/C28H22N8OS/c1-17(33-27(37)22-24-20(9-6-12-30-24)14-31-26(22)29)23-25(19-7-4-3-5-8-19)36-21(16-38-28(36)34-23)11-10-18-13-32-35(2)15-18/h3-9,12-17H,1-2H3,(H2,29,31)(H,33,37)/t17-/m1/s1. The Hall–Kier alpha value is -5.01. The molecule has 0 bridgehead atoms. The molecule has 0 saturated carbocycles. The number of nitrogens with one attached hydrogen (secondary N) is 1. The fourth-order valence-corrected chi connectivity index (χ4v) is 5.21. The number of anilines is 1. The average Bonchev–Trinajstić information content (AvgIpc) is 3.63. The minimum absolute atomic E-state index is 0.128. The number of carbonyl (C=O) groups excluding carboxylic acids is 1. The molecular formula is C28H22N8OS. The van der Waals surface area contributed by atoms with Gasteiger partial charge in [-0.1, -0.05) is 36.3 Å². The highest BCUT2D eigenvalue weighted by Crippen LogP contribution is 2.33. The van der Waals surface area contributed by atoms with Gasteiger partial charge in [0.2, 0.25) is 0 Å². The maximum absolute atomic E-state index is 13.5. The predicted octanol–water partition coefficient (Wildman–Crippen LogP) is 4.21. The Balaban J connectivity index is 1.43. The molecule has 0 aliphatic rings. The van der Waals surface area contributed by atoms with Gasteiger partial charge in [-0.2, -0.15) is 5.10 Å². The molecule has 0 aliphatic heterocycles. The van der Waals surface area contributed by atoms with E-state index in [4.69, 9.17) is 10.7 Å². The zero-order valence-electron chi connectivity index (χ0n) is 20.6. The SMILES string of the molecule is C[C@@H](NC(=O)c1c(N)ncc2cccnc12)c1nc2scc(C#Cc3cnn(C)c3)n2c1-c1ccccc1. The number of carbonyl (C=O) groups is 1. The maximum Gasteiger partial charge on any atom is 0.257 e. The lowest BCUT2D eigenvalue weighted by Gasteiger charge is -2.16. The van der Waals surface area contributed by atoms with Crippen LogP contribution in [0.1, 0.15) is 40.3 Å². The van der Waals surface area contributed by atoms with Crippen LogP contribution in [0.4, 0.5) is 5.82 Å². The lowest BCUT2D eigenvalue weighted by Crippen LogP contribution is -2.28. The van der Waals surface area contributed by atoms with Gasteiger partial charge in [-0.05, 0) is 25.0 Å². The number of nitrogen functional groups attached to an aromatic ring is 1. The van der Waals surface area contributed by atoms with E-state index >= 15 is 0 Å². The van der Waals surface area contributed by atoms with Crippen molar-refractivity contribution in [2.75, 3.05) is 5.73 Å². The number of imidazole rings is 1. The lowest BCUT2D eigenvalue weighted by molar-refractivity contribution is 0.0941. The highest BCUT2D eigenvalue weighted by atomic mass is 32.1. The molecule has 0 radical (unpaired) electrons. The summed E-state index contributed by atoms with van der Waals surface area (Å²) in [5.41, 5.74) is 11.1. The number of hydrogen-bond acceptors (Lipinski definition) is 7. The molecule has 0 fully saturated rings. The Morgan fingerprint density at radius 3 is 2.74 bits per heavy atom. The highest BCUT2D eigenvalue weighted by molar-refractivity contribution is 7.15. The third-order valence-corrected chi connectivity index (χ3v) is 6.96. The maximum atomic E-state index is 13.5. The van der Waals surface area contributed by atoms with Gasteiger partial charge < -0.3 is 11.1 Å². The van der Waals surface area contributed by atoms with Gasteiger partial charge in [0.1, 0.15) is 17.1 Å². The fourth-order valence-electron chi connectivity index (χ4n) is 4.38. The van der Waals surface area contributed by atoms with Crippen molar-refractivity contribution < 1.29 is 4.79 Å². The van der Waals surface area contributed by atoms with Crippen LogP contribution in [0.15, 0.2) is 72.6 Å². The van der Waals surface area contributed by atoms with Crippen LogP contribution in [0.3, 0.4) is 0 Å². The van der Waals surface area contributed by atoms with E-state index in [2.05, 4.69) is 32.2 Å². The van der Waals surface area contributed by atoms with Crippen LogP contribution in [0.5, 0.6) is 0 Å². The molecular weight excluding hydrogens is 496 g/mol. The summed E-state index contributed by atoms with van der Waals surface area (Å²) in [6.07, 6.45) is 6.85. The minimum atomic E-state index is -0.442. The highest BCUT2D eigenvalue weighted by Gasteiger charge is 2.25. The monoisotopic (exact) mass is 518 g/mol. The number of pyridine rings is 2. The van der Waals surface area contributed by atoms with Crippen LogP contribution in [0.2, 0.25) is 0 Å². The van der Waals surface area contributed by atoms with E-state index in [1.54, 1.807) is 29.3 Å². The molecule has 6 rings (SSSR count). The second kappa shape index (κ2) is 9.46. The van der Waals surface area contributed by atoms with Crippen LogP contribution in [0.25, 0.3) is 27.1 Å². The molecule has 38 heavy (non-hydrogen) atoms. The van der Waals surface area contributed by atoms with Crippen molar-refractivity contribution >= 4 is 38.9 Å². The third-order valence-electron chi connectivity index (χ3n) is 6.14. The number of thiazole rings is 1. The smallest absolute Gasteiger partial charge is 0.257 e. The van der Waals surface area contributed by atoms with E-state index in [1.807, 2.05) is 66.3 Å². The summed E-state index contributed by atoms with van der Waals surface area (Å²) in [7, 11) is 1.86. The number of aromatic nitrogens is 6. The van der Waals surface area contributed by atoms with Crippen molar-refractivity contribution in [2.24, 2.45) is 7.05 Å². The molecule has 0 unspecified atom stereocenters. The van der Waals surface area contributed by atoms with E-state index in [-0.39, 0.29) is 17.3 Å². The van der Waals surface area contributed by atoms with Crippen LogP contribution in [-0.4, -0.2) is 35.0 Å². The van der Waals surface area contributed by atoms with E-state index in [9.17, 15) is 4.79 Å². The van der Waals surface area contributed by atoms with Gasteiger partial charge >= 0.3 is 0 Å². The molecule has 1 amide bonds. The first-order valence-corrected chi connectivity index (χ1v) is 12.7. The Kier molecular flexibility index (Phi) is 5.82. The molecule has 5 heterocycles. The topological polar surface area (TPSA) is 116 Å². The second-order valence-electron chi connectivity index (χ2n) is 8.76. The van der Waals surface area contributed by atoms with Gasteiger partial charge in [0.05, 0.1) is 34.7 Å². The molecule has 6 aromatic rings. The van der Waals surface area contributed by atoms with Gasteiger partial charge in [-0.25, -0.2) is 9.97 Å². The Bertz CT molecular complexity index is 1870. The molecule has 1 aromatic carbocycles. The number of amides is 1. The van der Waals surface area contributed by atoms with Crippen LogP contribution in [0, 0.1) is 11.8 Å². The summed E-state index contributed by atoms with van der Waals surface area (Å²) in [4.78, 5) is 27.7. The molecule has 9 nitrogen and oxygen atoms in total. The van der Waals surface area contributed by atoms with Crippen molar-refractivity contribution in [2.45, 2.75) is 13.0 Å². The molecule has 10 heteroatoms. The number of nitrogens with zero attached hydrogens (tertiary/aromatic N) is 6. The van der Waals surface area contributed by atoms with Crippen LogP contribution >= 0.6 is 11.3 Å². The van der Waals surface area contributed by atoms with Crippen molar-refractivity contribution in [1.82, 2.24) is 34.4 Å². The third kappa shape index (κ3) is 4.15. The number of fused-ring (bicyclic) bond motifs is 2. The molecule has 0 spiro atoms.